The Morgan fingerprint density at radius 1 is 1.14 bits per heavy atom. The number of hydrogen-bond acceptors (Lipinski definition) is 4. The molecule has 1 fully saturated rings. The molecule has 1 N–H and O–H groups in total. The summed E-state index contributed by atoms with van der Waals surface area (Å²) < 4.78 is 26.7. The number of amidine groups is 1. The second kappa shape index (κ2) is 8.70. The third kappa shape index (κ3) is 4.34. The summed E-state index contributed by atoms with van der Waals surface area (Å²) >= 11 is 1.39. The van der Waals surface area contributed by atoms with Crippen LogP contribution in [0.4, 0.5) is 20.2 Å². The number of hydrogen-bond donors (Lipinski definition) is 1. The summed E-state index contributed by atoms with van der Waals surface area (Å²) in [5, 5.41) is 4.75. The Labute approximate surface area is 171 Å². The SMILES string of the molecule is Cl.O=C1CCCN1c1ccc(C2=NNC(=Nc3ccc(F)cc3F)SC2)cc1. The Morgan fingerprint density at radius 3 is 2.54 bits per heavy atom. The van der Waals surface area contributed by atoms with E-state index in [0.717, 1.165) is 42.1 Å². The molecule has 0 unspecified atom stereocenters. The van der Waals surface area contributed by atoms with Gasteiger partial charge in [0.2, 0.25) is 5.91 Å². The third-order valence-corrected chi connectivity index (χ3v) is 5.22. The van der Waals surface area contributed by atoms with E-state index < -0.39 is 11.6 Å². The van der Waals surface area contributed by atoms with Crippen LogP contribution in [0.15, 0.2) is 52.6 Å². The molecule has 9 heteroatoms. The lowest BCUT2D eigenvalue weighted by Crippen LogP contribution is -2.26. The minimum Gasteiger partial charge on any atom is -0.312 e. The normalized spacial score (nSPS) is 17.9. The van der Waals surface area contributed by atoms with Crippen molar-refractivity contribution in [2.75, 3.05) is 17.2 Å². The van der Waals surface area contributed by atoms with Crippen molar-refractivity contribution in [3.63, 3.8) is 0 Å². The highest BCUT2D eigenvalue weighted by atomic mass is 35.5. The number of nitrogens with one attached hydrogen (secondary N) is 1. The van der Waals surface area contributed by atoms with Crippen LogP contribution in [-0.2, 0) is 4.79 Å². The van der Waals surface area contributed by atoms with Crippen molar-refractivity contribution < 1.29 is 13.6 Å². The molecule has 2 heterocycles. The minimum atomic E-state index is -0.716. The van der Waals surface area contributed by atoms with Crippen LogP contribution in [0.3, 0.4) is 0 Å². The molecule has 4 rings (SSSR count). The highest BCUT2D eigenvalue weighted by Crippen LogP contribution is 2.24. The Balaban J connectivity index is 0.00000225. The molecule has 0 atom stereocenters. The summed E-state index contributed by atoms with van der Waals surface area (Å²) in [6.07, 6.45) is 1.50. The lowest BCUT2D eigenvalue weighted by atomic mass is 10.1. The fourth-order valence-corrected chi connectivity index (χ4v) is 3.74. The maximum Gasteiger partial charge on any atom is 0.227 e. The summed E-state index contributed by atoms with van der Waals surface area (Å²) in [6, 6.07) is 11.0. The van der Waals surface area contributed by atoms with Crippen molar-refractivity contribution in [3.8, 4) is 0 Å². The van der Waals surface area contributed by atoms with Crippen molar-refractivity contribution in [2.24, 2.45) is 10.1 Å². The lowest BCUT2D eigenvalue weighted by molar-refractivity contribution is -0.117. The largest absolute Gasteiger partial charge is 0.312 e. The first-order valence-electron chi connectivity index (χ1n) is 8.50. The third-order valence-electron chi connectivity index (χ3n) is 4.35. The first kappa shape index (κ1) is 20.3. The molecule has 1 amide bonds. The van der Waals surface area contributed by atoms with E-state index in [1.165, 1.54) is 17.8 Å². The maximum absolute atomic E-state index is 13.7. The maximum atomic E-state index is 13.7. The van der Waals surface area contributed by atoms with Gasteiger partial charge in [-0.05, 0) is 36.2 Å². The van der Waals surface area contributed by atoms with Crippen LogP contribution in [0.25, 0.3) is 0 Å². The topological polar surface area (TPSA) is 57.1 Å². The zero-order valence-electron chi connectivity index (χ0n) is 14.7. The van der Waals surface area contributed by atoms with Gasteiger partial charge in [0.1, 0.15) is 11.5 Å². The Hall–Kier alpha value is -2.45. The van der Waals surface area contributed by atoms with E-state index in [2.05, 4.69) is 15.5 Å². The molecule has 2 aromatic carbocycles. The Kier molecular flexibility index (Phi) is 6.31. The predicted octanol–water partition coefficient (Wildman–Crippen LogP) is 4.24. The lowest BCUT2D eigenvalue weighted by Gasteiger charge is -2.18. The number of carbonyl (C=O) groups is 1. The summed E-state index contributed by atoms with van der Waals surface area (Å²) in [5.74, 6) is -0.632. The van der Waals surface area contributed by atoms with E-state index in [0.29, 0.717) is 17.3 Å². The molecule has 2 aliphatic heterocycles. The van der Waals surface area contributed by atoms with Crippen LogP contribution in [0.5, 0.6) is 0 Å². The molecule has 0 aromatic heterocycles. The number of halogens is 3. The molecule has 1 saturated heterocycles. The van der Waals surface area contributed by atoms with Gasteiger partial charge in [-0.15, -0.1) is 12.4 Å². The van der Waals surface area contributed by atoms with Crippen molar-refractivity contribution in [3.05, 3.63) is 59.7 Å². The van der Waals surface area contributed by atoms with E-state index in [9.17, 15) is 13.6 Å². The monoisotopic (exact) mass is 422 g/mol. The molecule has 0 saturated carbocycles. The molecule has 146 valence electrons. The number of anilines is 1. The molecule has 0 spiro atoms. The fourth-order valence-electron chi connectivity index (χ4n) is 2.96. The standard InChI is InChI=1S/C19H16F2N4OS.ClH/c20-13-5-8-16(15(21)10-13)22-19-24-23-17(11-27-19)12-3-6-14(7-4-12)25-9-1-2-18(25)26;/h3-8,10H,1-2,9,11H2,(H,22,24);1H. The van der Waals surface area contributed by atoms with Crippen molar-refractivity contribution in [2.45, 2.75) is 12.8 Å². The molecule has 0 radical (unpaired) electrons. The molecule has 0 bridgehead atoms. The molecule has 2 aromatic rings. The fraction of sp³-hybridized carbons (Fsp3) is 0.211. The Morgan fingerprint density at radius 2 is 1.93 bits per heavy atom. The number of thioether (sulfide) groups is 1. The van der Waals surface area contributed by atoms with Crippen molar-refractivity contribution >= 4 is 52.3 Å². The summed E-state index contributed by atoms with van der Waals surface area (Å²) in [5.41, 5.74) is 5.54. The summed E-state index contributed by atoms with van der Waals surface area (Å²) in [7, 11) is 0. The predicted molar refractivity (Wildman–Crippen MR) is 111 cm³/mol. The van der Waals surface area contributed by atoms with Crippen LogP contribution in [0.1, 0.15) is 18.4 Å². The first-order chi connectivity index (χ1) is 13.1. The number of hydrazone groups is 1. The molecule has 0 aliphatic carbocycles. The number of amides is 1. The zero-order valence-corrected chi connectivity index (χ0v) is 16.3. The Bertz CT molecular complexity index is 949. The van der Waals surface area contributed by atoms with E-state index in [1.54, 1.807) is 4.90 Å². The zero-order chi connectivity index (χ0) is 18.8. The van der Waals surface area contributed by atoms with Gasteiger partial charge < -0.3 is 4.90 Å². The first-order valence-corrected chi connectivity index (χ1v) is 9.48. The van der Waals surface area contributed by atoms with Gasteiger partial charge in [0, 0.05) is 30.5 Å². The molecule has 5 nitrogen and oxygen atoms in total. The second-order valence-corrected chi connectivity index (χ2v) is 7.13. The number of benzene rings is 2. The molecular formula is C19H17ClF2N4OS. The summed E-state index contributed by atoms with van der Waals surface area (Å²) in [4.78, 5) is 17.7. The van der Waals surface area contributed by atoms with Gasteiger partial charge in [-0.1, -0.05) is 23.9 Å². The second-order valence-electron chi connectivity index (χ2n) is 6.17. The van der Waals surface area contributed by atoms with Gasteiger partial charge >= 0.3 is 0 Å². The van der Waals surface area contributed by atoms with E-state index >= 15 is 0 Å². The number of rotatable bonds is 3. The van der Waals surface area contributed by atoms with E-state index in [1.807, 2.05) is 24.3 Å². The van der Waals surface area contributed by atoms with E-state index in [4.69, 9.17) is 0 Å². The van der Waals surface area contributed by atoms with Crippen LogP contribution < -0.4 is 10.3 Å². The van der Waals surface area contributed by atoms with Crippen molar-refractivity contribution in [1.29, 1.82) is 0 Å². The average Bonchev–Trinajstić information content (AvgIpc) is 3.11. The summed E-state index contributed by atoms with van der Waals surface area (Å²) in [6.45, 7) is 0.760. The van der Waals surface area contributed by atoms with Gasteiger partial charge in [-0.2, -0.15) is 5.10 Å². The molecular weight excluding hydrogens is 406 g/mol. The molecule has 28 heavy (non-hydrogen) atoms. The van der Waals surface area contributed by atoms with Gasteiger partial charge in [-0.25, -0.2) is 13.8 Å². The highest BCUT2D eigenvalue weighted by Gasteiger charge is 2.22. The highest BCUT2D eigenvalue weighted by molar-refractivity contribution is 8.14. The van der Waals surface area contributed by atoms with Gasteiger partial charge in [0.15, 0.2) is 11.0 Å². The van der Waals surface area contributed by atoms with Gasteiger partial charge in [0.25, 0.3) is 0 Å². The molecule has 2 aliphatic rings. The van der Waals surface area contributed by atoms with Crippen LogP contribution in [-0.4, -0.2) is 29.1 Å². The van der Waals surface area contributed by atoms with Crippen LogP contribution in [0, 0.1) is 11.6 Å². The number of nitrogens with zero attached hydrogens (tertiary/aromatic N) is 3. The van der Waals surface area contributed by atoms with Crippen LogP contribution >= 0.6 is 24.2 Å². The minimum absolute atomic E-state index is 0. The smallest absolute Gasteiger partial charge is 0.227 e. The number of aliphatic imine (C=N–C) groups is 1. The number of carbonyl (C=O) groups excluding carboxylic acids is 1. The quantitative estimate of drug-likeness (QED) is 0.804. The van der Waals surface area contributed by atoms with Crippen LogP contribution in [0.2, 0.25) is 0 Å². The van der Waals surface area contributed by atoms with Crippen molar-refractivity contribution in [1.82, 2.24) is 5.43 Å². The van der Waals surface area contributed by atoms with E-state index in [-0.39, 0.29) is 24.0 Å². The van der Waals surface area contributed by atoms with Gasteiger partial charge in [0.05, 0.1) is 5.71 Å². The van der Waals surface area contributed by atoms with Gasteiger partial charge in [-0.3, -0.25) is 10.2 Å². The average molecular weight is 423 g/mol.